The van der Waals surface area contributed by atoms with E-state index in [9.17, 15) is 18.0 Å². The molecule has 0 aromatic rings. The van der Waals surface area contributed by atoms with Crippen molar-refractivity contribution in [3.8, 4) is 0 Å². The van der Waals surface area contributed by atoms with Crippen molar-refractivity contribution in [2.75, 3.05) is 13.2 Å². The van der Waals surface area contributed by atoms with Crippen molar-refractivity contribution in [2.45, 2.75) is 26.4 Å². The molecule has 0 fully saturated rings. The van der Waals surface area contributed by atoms with Crippen LogP contribution in [0.15, 0.2) is 12.3 Å². The molecule has 0 aliphatic carbocycles. The van der Waals surface area contributed by atoms with E-state index in [-0.39, 0.29) is 5.92 Å². The molecule has 0 amide bonds. The molecule has 0 spiro atoms. The van der Waals surface area contributed by atoms with Crippen LogP contribution in [-0.4, -0.2) is 25.4 Å². The SMILES string of the molecule is C=C(OCC(=O)OCC(F)(F)F)C(C)CC. The molecule has 16 heavy (non-hydrogen) atoms. The number of carbonyl (C=O) groups is 1. The molecule has 0 aliphatic rings. The van der Waals surface area contributed by atoms with E-state index in [2.05, 4.69) is 11.3 Å². The number of halogens is 3. The van der Waals surface area contributed by atoms with Crippen LogP contribution in [0.4, 0.5) is 13.2 Å². The molecule has 0 bridgehead atoms. The highest BCUT2D eigenvalue weighted by Crippen LogP contribution is 2.15. The van der Waals surface area contributed by atoms with Crippen LogP contribution in [0, 0.1) is 5.92 Å². The van der Waals surface area contributed by atoms with Gasteiger partial charge in [-0.15, -0.1) is 0 Å². The first kappa shape index (κ1) is 14.8. The molecule has 6 heteroatoms. The Kier molecular flexibility index (Phi) is 5.92. The maximum Gasteiger partial charge on any atom is 0.422 e. The molecule has 0 rings (SSSR count). The van der Waals surface area contributed by atoms with Gasteiger partial charge in [-0.05, 0) is 6.42 Å². The first-order valence-corrected chi connectivity index (χ1v) is 4.80. The van der Waals surface area contributed by atoms with Crippen LogP contribution in [0.5, 0.6) is 0 Å². The monoisotopic (exact) mass is 240 g/mol. The standard InChI is InChI=1S/C10H15F3O3/c1-4-7(2)8(3)15-5-9(14)16-6-10(11,12)13/h7H,3-6H2,1-2H3. The molecule has 0 radical (unpaired) electrons. The van der Waals surface area contributed by atoms with Crippen LogP contribution in [-0.2, 0) is 14.3 Å². The van der Waals surface area contributed by atoms with E-state index in [4.69, 9.17) is 4.74 Å². The normalized spacial score (nSPS) is 13.1. The molecule has 1 atom stereocenters. The van der Waals surface area contributed by atoms with Crippen molar-refractivity contribution in [3.63, 3.8) is 0 Å². The molecule has 0 aromatic heterocycles. The molecule has 0 N–H and O–H groups in total. The molecule has 3 nitrogen and oxygen atoms in total. The largest absolute Gasteiger partial charge is 0.487 e. The van der Waals surface area contributed by atoms with E-state index < -0.39 is 25.4 Å². The van der Waals surface area contributed by atoms with Crippen molar-refractivity contribution < 1.29 is 27.4 Å². The van der Waals surface area contributed by atoms with Gasteiger partial charge in [-0.1, -0.05) is 20.4 Å². The minimum Gasteiger partial charge on any atom is -0.487 e. The van der Waals surface area contributed by atoms with Gasteiger partial charge in [-0.3, -0.25) is 0 Å². The van der Waals surface area contributed by atoms with Gasteiger partial charge in [0, 0.05) is 5.92 Å². The van der Waals surface area contributed by atoms with Crippen LogP contribution in [0.25, 0.3) is 0 Å². The second-order valence-corrected chi connectivity index (χ2v) is 3.34. The maximum absolute atomic E-state index is 11.7. The van der Waals surface area contributed by atoms with Gasteiger partial charge >= 0.3 is 12.1 Å². The Morgan fingerprint density at radius 3 is 2.38 bits per heavy atom. The number of allylic oxidation sites excluding steroid dienone is 1. The summed E-state index contributed by atoms with van der Waals surface area (Å²) in [5, 5.41) is 0. The predicted octanol–water partition coefficient (Wildman–Crippen LogP) is 2.67. The fraction of sp³-hybridized carbons (Fsp3) is 0.700. The summed E-state index contributed by atoms with van der Waals surface area (Å²) in [7, 11) is 0. The maximum atomic E-state index is 11.7. The highest BCUT2D eigenvalue weighted by molar-refractivity contribution is 5.70. The van der Waals surface area contributed by atoms with Gasteiger partial charge in [-0.25, -0.2) is 4.79 Å². The number of hydrogen-bond acceptors (Lipinski definition) is 3. The Morgan fingerprint density at radius 1 is 1.38 bits per heavy atom. The second kappa shape index (κ2) is 6.40. The lowest BCUT2D eigenvalue weighted by molar-refractivity contribution is -0.188. The molecule has 1 unspecified atom stereocenters. The summed E-state index contributed by atoms with van der Waals surface area (Å²) in [6, 6.07) is 0. The summed E-state index contributed by atoms with van der Waals surface area (Å²) in [4.78, 5) is 10.8. The number of carbonyl (C=O) groups excluding carboxylic acids is 1. The van der Waals surface area contributed by atoms with E-state index in [0.717, 1.165) is 6.42 Å². The Hall–Kier alpha value is -1.20. The minimum atomic E-state index is -4.51. The van der Waals surface area contributed by atoms with Crippen molar-refractivity contribution in [1.29, 1.82) is 0 Å². The van der Waals surface area contributed by atoms with Crippen molar-refractivity contribution in [3.05, 3.63) is 12.3 Å². The van der Waals surface area contributed by atoms with Gasteiger partial charge in [-0.2, -0.15) is 13.2 Å². The summed E-state index contributed by atoms with van der Waals surface area (Å²) in [5.41, 5.74) is 0. The zero-order valence-electron chi connectivity index (χ0n) is 9.26. The quantitative estimate of drug-likeness (QED) is 0.529. The predicted molar refractivity (Wildman–Crippen MR) is 51.6 cm³/mol. The fourth-order valence-electron chi connectivity index (χ4n) is 0.726. The summed E-state index contributed by atoms with van der Waals surface area (Å²) < 4.78 is 43.8. The zero-order valence-corrected chi connectivity index (χ0v) is 9.26. The Labute approximate surface area is 92.2 Å². The fourth-order valence-corrected chi connectivity index (χ4v) is 0.726. The van der Waals surface area contributed by atoms with E-state index in [0.29, 0.717) is 5.76 Å². The summed E-state index contributed by atoms with van der Waals surface area (Å²) in [5.74, 6) is -0.636. The van der Waals surface area contributed by atoms with Gasteiger partial charge in [0.15, 0.2) is 13.2 Å². The highest BCUT2D eigenvalue weighted by atomic mass is 19.4. The topological polar surface area (TPSA) is 35.5 Å². The van der Waals surface area contributed by atoms with E-state index in [1.165, 1.54) is 0 Å². The van der Waals surface area contributed by atoms with Crippen LogP contribution in [0.3, 0.4) is 0 Å². The van der Waals surface area contributed by atoms with Gasteiger partial charge in [0.25, 0.3) is 0 Å². The third kappa shape index (κ3) is 7.14. The van der Waals surface area contributed by atoms with Crippen LogP contribution in [0.2, 0.25) is 0 Å². The van der Waals surface area contributed by atoms with Crippen LogP contribution in [0.1, 0.15) is 20.3 Å². The lowest BCUT2D eigenvalue weighted by atomic mass is 10.1. The van der Waals surface area contributed by atoms with Gasteiger partial charge in [0.2, 0.25) is 0 Å². The third-order valence-corrected chi connectivity index (χ3v) is 1.93. The Bertz CT molecular complexity index is 248. The van der Waals surface area contributed by atoms with Crippen LogP contribution >= 0.6 is 0 Å². The van der Waals surface area contributed by atoms with E-state index >= 15 is 0 Å². The molecule has 0 aromatic carbocycles. The van der Waals surface area contributed by atoms with Gasteiger partial charge < -0.3 is 9.47 Å². The lowest BCUT2D eigenvalue weighted by Crippen LogP contribution is -2.23. The highest BCUT2D eigenvalue weighted by Gasteiger charge is 2.29. The summed E-state index contributed by atoms with van der Waals surface area (Å²) in [6.45, 7) is 5.16. The minimum absolute atomic E-state index is 0.0513. The van der Waals surface area contributed by atoms with Crippen molar-refractivity contribution in [2.24, 2.45) is 5.92 Å². The third-order valence-electron chi connectivity index (χ3n) is 1.93. The first-order chi connectivity index (χ1) is 7.26. The first-order valence-electron chi connectivity index (χ1n) is 4.80. The van der Waals surface area contributed by atoms with Gasteiger partial charge in [0.05, 0.1) is 5.76 Å². The zero-order chi connectivity index (χ0) is 12.8. The number of rotatable bonds is 6. The number of hydrogen-bond donors (Lipinski definition) is 0. The smallest absolute Gasteiger partial charge is 0.422 e. The second-order valence-electron chi connectivity index (χ2n) is 3.34. The molecular weight excluding hydrogens is 225 g/mol. The van der Waals surface area contributed by atoms with E-state index in [1.54, 1.807) is 0 Å². The molecule has 0 saturated heterocycles. The molecular formula is C10H15F3O3. The molecule has 0 heterocycles. The number of alkyl halides is 3. The number of esters is 1. The molecule has 94 valence electrons. The average molecular weight is 240 g/mol. The average Bonchev–Trinajstić information content (AvgIpc) is 2.20. The molecule has 0 saturated carbocycles. The lowest BCUT2D eigenvalue weighted by Gasteiger charge is -2.14. The Balaban J connectivity index is 3.78. The van der Waals surface area contributed by atoms with Crippen molar-refractivity contribution in [1.82, 2.24) is 0 Å². The summed E-state index contributed by atoms with van der Waals surface area (Å²) in [6.07, 6.45) is -3.74. The number of ether oxygens (including phenoxy) is 2. The summed E-state index contributed by atoms with van der Waals surface area (Å²) >= 11 is 0. The van der Waals surface area contributed by atoms with Crippen molar-refractivity contribution >= 4 is 5.97 Å². The Morgan fingerprint density at radius 2 is 1.94 bits per heavy atom. The van der Waals surface area contributed by atoms with E-state index in [1.807, 2.05) is 13.8 Å². The van der Waals surface area contributed by atoms with Gasteiger partial charge in [0.1, 0.15) is 0 Å². The van der Waals surface area contributed by atoms with Crippen LogP contribution < -0.4 is 0 Å². The molecule has 0 aliphatic heterocycles.